The van der Waals surface area contributed by atoms with Crippen molar-refractivity contribution in [1.29, 1.82) is 0 Å². The SMILES string of the molecule is C=C1CCC(=S(=O)=O)CC1=CC=C1CCC[C@]2(C)[C@@H]([C@H](C)CCCC(C)C)CC[C@@H]12. The van der Waals surface area contributed by atoms with Gasteiger partial charge in [0.2, 0.25) is 10.3 Å². The molecule has 0 radical (unpaired) electrons. The Hall–Kier alpha value is -1.09. The Morgan fingerprint density at radius 2 is 1.87 bits per heavy atom. The van der Waals surface area contributed by atoms with Crippen LogP contribution in [0.25, 0.3) is 0 Å². The quantitative estimate of drug-likeness (QED) is 0.414. The fraction of sp³-hybridized carbons (Fsp3) is 0.741. The third-order valence-corrected chi connectivity index (χ3v) is 9.27. The van der Waals surface area contributed by atoms with Crippen LogP contribution in [-0.2, 0) is 10.3 Å². The van der Waals surface area contributed by atoms with Gasteiger partial charge in [0, 0.05) is 6.42 Å². The number of fused-ring (bicyclic) bond motifs is 1. The molecule has 0 saturated heterocycles. The van der Waals surface area contributed by atoms with Crippen LogP contribution in [-0.4, -0.2) is 13.3 Å². The molecule has 30 heavy (non-hydrogen) atoms. The van der Waals surface area contributed by atoms with E-state index in [4.69, 9.17) is 0 Å². The van der Waals surface area contributed by atoms with Crippen molar-refractivity contribution in [2.24, 2.45) is 29.1 Å². The molecule has 0 aliphatic heterocycles. The molecule has 0 aromatic carbocycles. The highest BCUT2D eigenvalue weighted by atomic mass is 32.2. The third-order valence-electron chi connectivity index (χ3n) is 8.45. The van der Waals surface area contributed by atoms with E-state index in [1.54, 1.807) is 5.57 Å². The molecule has 3 heteroatoms. The molecular formula is C27H42O2S. The summed E-state index contributed by atoms with van der Waals surface area (Å²) in [6.07, 6.45) is 17.2. The Balaban J connectivity index is 1.74. The van der Waals surface area contributed by atoms with E-state index < -0.39 is 10.3 Å². The summed E-state index contributed by atoms with van der Waals surface area (Å²) in [5.74, 6) is 3.18. The lowest BCUT2D eigenvalue weighted by atomic mass is 9.60. The third kappa shape index (κ3) is 5.21. The van der Waals surface area contributed by atoms with Gasteiger partial charge in [0.1, 0.15) is 0 Å². The second kappa shape index (κ2) is 10.0. The van der Waals surface area contributed by atoms with Gasteiger partial charge >= 0.3 is 0 Å². The normalized spacial score (nSPS) is 33.4. The molecule has 0 heterocycles. The van der Waals surface area contributed by atoms with E-state index >= 15 is 0 Å². The monoisotopic (exact) mass is 430 g/mol. The maximum atomic E-state index is 11.4. The molecule has 4 atom stereocenters. The lowest BCUT2D eigenvalue weighted by Crippen LogP contribution is -2.36. The summed E-state index contributed by atoms with van der Waals surface area (Å²) >= 11 is 0. The van der Waals surface area contributed by atoms with Crippen molar-refractivity contribution < 1.29 is 8.42 Å². The van der Waals surface area contributed by atoms with Crippen LogP contribution in [0, 0.1) is 29.1 Å². The first-order valence-corrected chi connectivity index (χ1v) is 13.3. The maximum Gasteiger partial charge on any atom is 0.213 e. The van der Waals surface area contributed by atoms with Crippen LogP contribution in [0.15, 0.2) is 35.5 Å². The van der Waals surface area contributed by atoms with Crippen molar-refractivity contribution in [2.45, 2.75) is 98.3 Å². The van der Waals surface area contributed by atoms with Crippen LogP contribution < -0.4 is 0 Å². The smallest absolute Gasteiger partial charge is 0.185 e. The molecule has 3 fully saturated rings. The highest BCUT2D eigenvalue weighted by Gasteiger charge is 2.50. The van der Waals surface area contributed by atoms with Gasteiger partial charge in [-0.2, -0.15) is 8.42 Å². The Kier molecular flexibility index (Phi) is 7.87. The van der Waals surface area contributed by atoms with Crippen molar-refractivity contribution in [3.63, 3.8) is 0 Å². The Labute approximate surface area is 186 Å². The highest BCUT2D eigenvalue weighted by molar-refractivity contribution is 7.73. The Morgan fingerprint density at radius 1 is 1.10 bits per heavy atom. The van der Waals surface area contributed by atoms with E-state index in [0.29, 0.717) is 29.0 Å². The van der Waals surface area contributed by atoms with Gasteiger partial charge < -0.3 is 0 Å². The van der Waals surface area contributed by atoms with Gasteiger partial charge in [-0.05, 0) is 79.6 Å². The average molecular weight is 431 g/mol. The Bertz CT molecular complexity index is 834. The predicted octanol–water partition coefficient (Wildman–Crippen LogP) is 7.31. The minimum Gasteiger partial charge on any atom is -0.185 e. The summed E-state index contributed by atoms with van der Waals surface area (Å²) in [7, 11) is -2.06. The molecule has 0 aromatic heterocycles. The minimum absolute atomic E-state index is 0.442. The van der Waals surface area contributed by atoms with Gasteiger partial charge in [-0.1, -0.05) is 76.8 Å². The minimum atomic E-state index is -2.06. The van der Waals surface area contributed by atoms with E-state index in [-0.39, 0.29) is 0 Å². The molecular weight excluding hydrogens is 388 g/mol. The zero-order valence-corrected chi connectivity index (χ0v) is 20.5. The van der Waals surface area contributed by atoms with Gasteiger partial charge in [0.05, 0.1) is 4.86 Å². The summed E-state index contributed by atoms with van der Waals surface area (Å²) in [4.78, 5) is 0.636. The molecule has 0 amide bonds. The van der Waals surface area contributed by atoms with Crippen molar-refractivity contribution in [3.05, 3.63) is 35.5 Å². The molecule has 0 unspecified atom stereocenters. The summed E-state index contributed by atoms with van der Waals surface area (Å²) in [5.41, 5.74) is 4.29. The molecule has 168 valence electrons. The van der Waals surface area contributed by atoms with E-state index in [1.165, 1.54) is 51.4 Å². The molecule has 2 nitrogen and oxygen atoms in total. The summed E-state index contributed by atoms with van der Waals surface area (Å²) in [6.45, 7) is 13.9. The maximum absolute atomic E-state index is 11.4. The van der Waals surface area contributed by atoms with Crippen LogP contribution in [0.5, 0.6) is 0 Å². The van der Waals surface area contributed by atoms with Gasteiger partial charge in [-0.25, -0.2) is 0 Å². The van der Waals surface area contributed by atoms with Crippen LogP contribution >= 0.6 is 0 Å². The predicted molar refractivity (Wildman–Crippen MR) is 129 cm³/mol. The molecule has 0 N–H and O–H groups in total. The Morgan fingerprint density at radius 3 is 2.57 bits per heavy atom. The molecule has 3 saturated carbocycles. The van der Waals surface area contributed by atoms with Crippen LogP contribution in [0.3, 0.4) is 0 Å². The first-order valence-electron chi connectivity index (χ1n) is 12.2. The standard InChI is InChI=1S/C27H42O2S/c1-19(2)8-6-9-21(4)25-15-16-26-22(10-7-17-27(25,26)5)12-13-23-18-24(30(28)29)14-11-20(23)3/h12-13,19,21,25-26H,3,6-11,14-18H2,1-2,4-5H3/t21-,25-,26+,27-/m1/s1. The zero-order chi connectivity index (χ0) is 21.9. The number of rotatable bonds is 6. The van der Waals surface area contributed by atoms with Crippen molar-refractivity contribution >= 4 is 15.2 Å². The number of hydrogen-bond donors (Lipinski definition) is 0. The molecule has 3 aliphatic carbocycles. The van der Waals surface area contributed by atoms with Crippen LogP contribution in [0.4, 0.5) is 0 Å². The number of hydrogen-bond acceptors (Lipinski definition) is 2. The second-order valence-electron chi connectivity index (χ2n) is 10.9. The largest absolute Gasteiger partial charge is 0.213 e. The first-order chi connectivity index (χ1) is 14.2. The topological polar surface area (TPSA) is 34.1 Å². The van der Waals surface area contributed by atoms with Gasteiger partial charge in [-0.15, -0.1) is 0 Å². The summed E-state index contributed by atoms with van der Waals surface area (Å²) in [6, 6.07) is 0. The fourth-order valence-electron chi connectivity index (χ4n) is 6.67. The van der Waals surface area contributed by atoms with Crippen molar-refractivity contribution in [2.75, 3.05) is 0 Å². The lowest BCUT2D eigenvalue weighted by Gasteiger charge is -2.44. The molecule has 0 spiro atoms. The first kappa shape index (κ1) is 23.6. The van der Waals surface area contributed by atoms with E-state index in [1.807, 2.05) is 0 Å². The highest BCUT2D eigenvalue weighted by Crippen LogP contribution is 2.59. The van der Waals surface area contributed by atoms with Crippen LogP contribution in [0.2, 0.25) is 0 Å². The van der Waals surface area contributed by atoms with Crippen molar-refractivity contribution in [3.8, 4) is 0 Å². The second-order valence-corrected chi connectivity index (χ2v) is 11.9. The fourth-order valence-corrected chi connectivity index (χ4v) is 7.21. The van der Waals surface area contributed by atoms with Crippen LogP contribution in [0.1, 0.15) is 98.3 Å². The number of allylic oxidation sites excluding steroid dienone is 5. The summed E-state index contributed by atoms with van der Waals surface area (Å²) < 4.78 is 22.8. The molecule has 3 rings (SSSR count). The average Bonchev–Trinajstić information content (AvgIpc) is 3.04. The van der Waals surface area contributed by atoms with Gasteiger partial charge in [-0.3, -0.25) is 0 Å². The molecule has 0 bridgehead atoms. The van der Waals surface area contributed by atoms with E-state index in [9.17, 15) is 8.42 Å². The zero-order valence-electron chi connectivity index (χ0n) is 19.7. The molecule has 3 aliphatic rings. The lowest BCUT2D eigenvalue weighted by molar-refractivity contribution is 0.0929. The van der Waals surface area contributed by atoms with Gasteiger partial charge in [0.15, 0.2) is 0 Å². The van der Waals surface area contributed by atoms with Crippen molar-refractivity contribution in [1.82, 2.24) is 0 Å². The van der Waals surface area contributed by atoms with E-state index in [0.717, 1.165) is 35.3 Å². The van der Waals surface area contributed by atoms with E-state index in [2.05, 4.69) is 46.4 Å². The van der Waals surface area contributed by atoms with Gasteiger partial charge in [0.25, 0.3) is 0 Å². The molecule has 0 aromatic rings. The summed E-state index contributed by atoms with van der Waals surface area (Å²) in [5, 5.41) is 0.